The summed E-state index contributed by atoms with van der Waals surface area (Å²) < 4.78 is 0.857. The summed E-state index contributed by atoms with van der Waals surface area (Å²) in [6.07, 6.45) is 2.38. The minimum atomic E-state index is -0.161. The molecule has 0 saturated heterocycles. The maximum Gasteiger partial charge on any atom is 0.269 e. The number of pyridine rings is 1. The predicted molar refractivity (Wildman–Crippen MR) is 72.4 cm³/mol. The van der Waals surface area contributed by atoms with E-state index >= 15 is 0 Å². The molecular formula is C9H14BrCl2N3O. The highest BCUT2D eigenvalue weighted by molar-refractivity contribution is 9.10. The lowest BCUT2D eigenvalue weighted by atomic mass is 10.3. The Morgan fingerprint density at radius 1 is 1.44 bits per heavy atom. The SMILES string of the molecule is Cl.Cl.NCCCNC(=O)c1ccc(Br)cn1. The molecule has 3 N–H and O–H groups in total. The number of rotatable bonds is 4. The molecule has 1 heterocycles. The molecular weight excluding hydrogens is 317 g/mol. The normalized spacial score (nSPS) is 8.62. The number of nitrogens with zero attached hydrogens (tertiary/aromatic N) is 1. The van der Waals surface area contributed by atoms with E-state index in [1.54, 1.807) is 18.3 Å². The zero-order chi connectivity index (χ0) is 10.4. The van der Waals surface area contributed by atoms with E-state index in [0.717, 1.165) is 10.9 Å². The number of carbonyl (C=O) groups excluding carboxylic acids is 1. The lowest BCUT2D eigenvalue weighted by Crippen LogP contribution is -2.26. The Balaban J connectivity index is 0. The van der Waals surface area contributed by atoms with Crippen LogP contribution in [0.2, 0.25) is 0 Å². The van der Waals surface area contributed by atoms with Crippen molar-refractivity contribution in [2.45, 2.75) is 6.42 Å². The molecule has 1 rings (SSSR count). The first-order valence-electron chi connectivity index (χ1n) is 4.34. The second kappa shape index (κ2) is 9.84. The molecule has 0 radical (unpaired) electrons. The minimum absolute atomic E-state index is 0. The van der Waals surface area contributed by atoms with Crippen LogP contribution in [0.25, 0.3) is 0 Å². The van der Waals surface area contributed by atoms with Crippen LogP contribution in [-0.2, 0) is 0 Å². The molecule has 1 aromatic rings. The van der Waals surface area contributed by atoms with E-state index in [0.29, 0.717) is 18.8 Å². The first kappa shape index (κ1) is 18.0. The third-order valence-electron chi connectivity index (χ3n) is 1.63. The third kappa shape index (κ3) is 6.27. The summed E-state index contributed by atoms with van der Waals surface area (Å²) in [6.45, 7) is 1.17. The second-order valence-corrected chi connectivity index (χ2v) is 3.68. The van der Waals surface area contributed by atoms with Crippen LogP contribution in [-0.4, -0.2) is 24.0 Å². The fraction of sp³-hybridized carbons (Fsp3) is 0.333. The highest BCUT2D eigenvalue weighted by atomic mass is 79.9. The van der Waals surface area contributed by atoms with E-state index in [9.17, 15) is 4.79 Å². The smallest absolute Gasteiger partial charge is 0.269 e. The summed E-state index contributed by atoms with van der Waals surface area (Å²) in [5, 5.41) is 2.72. The van der Waals surface area contributed by atoms with Crippen LogP contribution in [0.4, 0.5) is 0 Å². The summed E-state index contributed by atoms with van der Waals surface area (Å²) in [5.41, 5.74) is 5.72. The Hall–Kier alpha value is -0.360. The van der Waals surface area contributed by atoms with Crippen molar-refractivity contribution in [2.75, 3.05) is 13.1 Å². The third-order valence-corrected chi connectivity index (χ3v) is 2.10. The van der Waals surface area contributed by atoms with Crippen molar-refractivity contribution >= 4 is 46.7 Å². The number of amides is 1. The van der Waals surface area contributed by atoms with Gasteiger partial charge in [0.1, 0.15) is 5.69 Å². The largest absolute Gasteiger partial charge is 0.351 e. The summed E-state index contributed by atoms with van der Waals surface area (Å²) in [7, 11) is 0. The Morgan fingerprint density at radius 3 is 2.62 bits per heavy atom. The van der Waals surface area contributed by atoms with E-state index in [-0.39, 0.29) is 30.7 Å². The van der Waals surface area contributed by atoms with E-state index in [4.69, 9.17) is 5.73 Å². The van der Waals surface area contributed by atoms with Gasteiger partial charge in [-0.05, 0) is 41.0 Å². The van der Waals surface area contributed by atoms with Crippen molar-refractivity contribution < 1.29 is 4.79 Å². The van der Waals surface area contributed by atoms with Gasteiger partial charge in [0.05, 0.1) is 0 Å². The van der Waals surface area contributed by atoms with Crippen molar-refractivity contribution in [1.82, 2.24) is 10.3 Å². The number of hydrogen-bond donors (Lipinski definition) is 2. The van der Waals surface area contributed by atoms with Gasteiger partial charge in [-0.15, -0.1) is 24.8 Å². The maximum absolute atomic E-state index is 11.4. The molecule has 0 fully saturated rings. The molecule has 7 heteroatoms. The number of hydrogen-bond acceptors (Lipinski definition) is 3. The molecule has 0 aromatic carbocycles. The standard InChI is InChI=1S/C9H12BrN3O.2ClH/c10-7-2-3-8(13-6-7)9(14)12-5-1-4-11;;/h2-3,6H,1,4-5,11H2,(H,12,14);2*1H. The van der Waals surface area contributed by atoms with Gasteiger partial charge in [-0.25, -0.2) is 4.98 Å². The molecule has 0 atom stereocenters. The first-order chi connectivity index (χ1) is 6.74. The number of nitrogens with one attached hydrogen (secondary N) is 1. The number of nitrogens with two attached hydrogens (primary N) is 1. The van der Waals surface area contributed by atoms with Crippen LogP contribution in [0.3, 0.4) is 0 Å². The summed E-state index contributed by atoms with van der Waals surface area (Å²) >= 11 is 3.25. The average molecular weight is 331 g/mol. The molecule has 0 saturated carbocycles. The summed E-state index contributed by atoms with van der Waals surface area (Å²) in [6, 6.07) is 3.45. The van der Waals surface area contributed by atoms with Crippen molar-refractivity contribution in [1.29, 1.82) is 0 Å². The molecule has 92 valence electrons. The Bertz CT molecular complexity index is 308. The number of carbonyl (C=O) groups is 1. The van der Waals surface area contributed by atoms with Crippen LogP contribution in [0.1, 0.15) is 16.9 Å². The van der Waals surface area contributed by atoms with Crippen LogP contribution in [0.5, 0.6) is 0 Å². The van der Waals surface area contributed by atoms with Gasteiger partial charge in [0.25, 0.3) is 5.91 Å². The fourth-order valence-corrected chi connectivity index (χ4v) is 1.14. The predicted octanol–water partition coefficient (Wildman–Crippen LogP) is 1.77. The zero-order valence-corrected chi connectivity index (χ0v) is 11.7. The van der Waals surface area contributed by atoms with Crippen molar-refractivity contribution in [3.63, 3.8) is 0 Å². The highest BCUT2D eigenvalue weighted by Crippen LogP contribution is 2.06. The maximum atomic E-state index is 11.4. The molecule has 1 aromatic heterocycles. The fourth-order valence-electron chi connectivity index (χ4n) is 0.905. The highest BCUT2D eigenvalue weighted by Gasteiger charge is 2.04. The van der Waals surface area contributed by atoms with Gasteiger partial charge in [0.15, 0.2) is 0 Å². The Labute approximate surface area is 115 Å². The topological polar surface area (TPSA) is 68.0 Å². The molecule has 16 heavy (non-hydrogen) atoms. The van der Waals surface area contributed by atoms with Crippen molar-refractivity contribution in [2.24, 2.45) is 5.73 Å². The summed E-state index contributed by atoms with van der Waals surface area (Å²) in [5.74, 6) is -0.161. The lowest BCUT2D eigenvalue weighted by Gasteiger charge is -2.02. The Morgan fingerprint density at radius 2 is 2.12 bits per heavy atom. The lowest BCUT2D eigenvalue weighted by molar-refractivity contribution is 0.0948. The number of aromatic nitrogens is 1. The van der Waals surface area contributed by atoms with Crippen LogP contribution in [0, 0.1) is 0 Å². The van der Waals surface area contributed by atoms with Crippen LogP contribution < -0.4 is 11.1 Å². The Kier molecular flexibility index (Phi) is 11.1. The van der Waals surface area contributed by atoms with Gasteiger partial charge in [0.2, 0.25) is 0 Å². The van der Waals surface area contributed by atoms with Gasteiger partial charge >= 0.3 is 0 Å². The quantitative estimate of drug-likeness (QED) is 0.827. The molecule has 0 bridgehead atoms. The van der Waals surface area contributed by atoms with Gasteiger partial charge in [0, 0.05) is 17.2 Å². The number of halogens is 3. The van der Waals surface area contributed by atoms with Gasteiger partial charge < -0.3 is 11.1 Å². The van der Waals surface area contributed by atoms with Gasteiger partial charge in [-0.3, -0.25) is 4.79 Å². The van der Waals surface area contributed by atoms with Crippen molar-refractivity contribution in [3.8, 4) is 0 Å². The molecule has 4 nitrogen and oxygen atoms in total. The molecule has 0 aliphatic heterocycles. The monoisotopic (exact) mass is 329 g/mol. The second-order valence-electron chi connectivity index (χ2n) is 2.76. The molecule has 0 spiro atoms. The molecule has 1 amide bonds. The minimum Gasteiger partial charge on any atom is -0.351 e. The van der Waals surface area contributed by atoms with Gasteiger partial charge in [-0.1, -0.05) is 0 Å². The van der Waals surface area contributed by atoms with Crippen LogP contribution >= 0.6 is 40.7 Å². The summed E-state index contributed by atoms with van der Waals surface area (Å²) in [4.78, 5) is 15.4. The van der Waals surface area contributed by atoms with Crippen LogP contribution in [0.15, 0.2) is 22.8 Å². The van der Waals surface area contributed by atoms with E-state index in [1.807, 2.05) is 0 Å². The van der Waals surface area contributed by atoms with Gasteiger partial charge in [-0.2, -0.15) is 0 Å². The van der Waals surface area contributed by atoms with E-state index < -0.39 is 0 Å². The zero-order valence-electron chi connectivity index (χ0n) is 8.48. The molecule has 0 aliphatic carbocycles. The van der Waals surface area contributed by atoms with Crippen molar-refractivity contribution in [3.05, 3.63) is 28.5 Å². The first-order valence-corrected chi connectivity index (χ1v) is 5.13. The van der Waals surface area contributed by atoms with E-state index in [2.05, 4.69) is 26.2 Å². The average Bonchev–Trinajstić information content (AvgIpc) is 2.19. The molecule has 0 unspecified atom stereocenters. The molecule has 0 aliphatic rings. The van der Waals surface area contributed by atoms with E-state index in [1.165, 1.54) is 0 Å².